The monoisotopic (exact) mass is 415 g/mol. The fourth-order valence-corrected chi connectivity index (χ4v) is 5.46. The zero-order chi connectivity index (χ0) is 20.6. The van der Waals surface area contributed by atoms with Crippen molar-refractivity contribution in [2.24, 2.45) is 11.7 Å². The number of hydrogen-bond donors (Lipinski definition) is 1. The highest BCUT2D eigenvalue weighted by atomic mass is 32.1. The van der Waals surface area contributed by atoms with Gasteiger partial charge in [0.2, 0.25) is 5.91 Å². The molecule has 1 amide bonds. The fourth-order valence-electron chi connectivity index (χ4n) is 5.02. The summed E-state index contributed by atoms with van der Waals surface area (Å²) in [6.45, 7) is 5.04. The second kappa shape index (κ2) is 11.1. The van der Waals surface area contributed by atoms with E-state index in [4.69, 9.17) is 18.0 Å². The summed E-state index contributed by atoms with van der Waals surface area (Å²) in [5.41, 5.74) is 6.74. The molecule has 0 radical (unpaired) electrons. The molecule has 160 valence electrons. The van der Waals surface area contributed by atoms with Crippen LogP contribution in [0.1, 0.15) is 70.3 Å². The van der Waals surface area contributed by atoms with Crippen LogP contribution in [0, 0.1) is 5.92 Å². The molecule has 1 atom stereocenters. The Hall–Kier alpha value is -1.46. The van der Waals surface area contributed by atoms with Gasteiger partial charge in [-0.2, -0.15) is 0 Å². The van der Waals surface area contributed by atoms with Crippen LogP contribution in [0.3, 0.4) is 0 Å². The second-order valence-electron chi connectivity index (χ2n) is 9.00. The molecule has 1 aliphatic heterocycles. The number of likely N-dealkylation sites (tertiary alicyclic amines) is 1. The Labute approximate surface area is 181 Å². The Morgan fingerprint density at radius 3 is 2.41 bits per heavy atom. The van der Waals surface area contributed by atoms with Crippen LogP contribution in [0.25, 0.3) is 0 Å². The Morgan fingerprint density at radius 2 is 1.79 bits per heavy atom. The highest BCUT2D eigenvalue weighted by Gasteiger charge is 2.29. The van der Waals surface area contributed by atoms with E-state index in [2.05, 4.69) is 47.1 Å². The van der Waals surface area contributed by atoms with E-state index in [1.54, 1.807) is 0 Å². The molecule has 1 saturated heterocycles. The van der Waals surface area contributed by atoms with E-state index < -0.39 is 0 Å². The number of carbonyl (C=O) groups excluding carboxylic acids is 1. The van der Waals surface area contributed by atoms with Crippen molar-refractivity contribution in [3.05, 3.63) is 35.9 Å². The van der Waals surface area contributed by atoms with E-state index in [0.717, 1.165) is 49.8 Å². The first kappa shape index (κ1) is 22.2. The van der Waals surface area contributed by atoms with Crippen molar-refractivity contribution in [2.45, 2.75) is 83.3 Å². The van der Waals surface area contributed by atoms with E-state index in [-0.39, 0.29) is 11.9 Å². The van der Waals surface area contributed by atoms with Gasteiger partial charge in [-0.25, -0.2) is 0 Å². The number of hydrogen-bond acceptors (Lipinski definition) is 3. The lowest BCUT2D eigenvalue weighted by Crippen LogP contribution is -2.49. The van der Waals surface area contributed by atoms with Gasteiger partial charge in [-0.1, -0.05) is 74.7 Å². The number of benzene rings is 1. The van der Waals surface area contributed by atoms with Crippen molar-refractivity contribution in [1.29, 1.82) is 0 Å². The van der Waals surface area contributed by atoms with Crippen LogP contribution in [-0.4, -0.2) is 45.9 Å². The van der Waals surface area contributed by atoms with Crippen LogP contribution in [0.15, 0.2) is 30.3 Å². The van der Waals surface area contributed by atoms with E-state index in [1.165, 1.54) is 37.7 Å². The summed E-state index contributed by atoms with van der Waals surface area (Å²) in [5, 5.41) is 0. The molecule has 2 fully saturated rings. The molecule has 4 nitrogen and oxygen atoms in total. The quantitative estimate of drug-likeness (QED) is 0.635. The highest BCUT2D eigenvalue weighted by molar-refractivity contribution is 7.80. The molecule has 0 spiro atoms. The van der Waals surface area contributed by atoms with Gasteiger partial charge in [0, 0.05) is 44.6 Å². The number of rotatable bonds is 8. The summed E-state index contributed by atoms with van der Waals surface area (Å²) in [5.74, 6) is 0.559. The second-order valence-corrected chi connectivity index (χ2v) is 9.47. The number of primary amides is 1. The summed E-state index contributed by atoms with van der Waals surface area (Å²) < 4.78 is 0. The van der Waals surface area contributed by atoms with Gasteiger partial charge in [-0.15, -0.1) is 0 Å². The Balaban J connectivity index is 1.63. The maximum atomic E-state index is 11.3. The number of piperidine rings is 1. The molecular weight excluding hydrogens is 378 g/mol. The average molecular weight is 416 g/mol. The van der Waals surface area contributed by atoms with E-state index >= 15 is 0 Å². The first-order valence-electron chi connectivity index (χ1n) is 11.4. The predicted octanol–water partition coefficient (Wildman–Crippen LogP) is 4.51. The summed E-state index contributed by atoms with van der Waals surface area (Å²) >= 11 is 6.03. The minimum atomic E-state index is -0.209. The summed E-state index contributed by atoms with van der Waals surface area (Å²) in [6, 6.07) is 11.4. The third-order valence-corrected chi connectivity index (χ3v) is 7.17. The van der Waals surface area contributed by atoms with E-state index in [0.29, 0.717) is 12.5 Å². The molecule has 5 heteroatoms. The molecule has 1 aliphatic carbocycles. The van der Waals surface area contributed by atoms with Gasteiger partial charge in [0.25, 0.3) is 0 Å². The van der Waals surface area contributed by atoms with Crippen LogP contribution in [0.2, 0.25) is 0 Å². The number of nitrogens with two attached hydrogens (primary N) is 1. The molecule has 0 aromatic heterocycles. The lowest BCUT2D eigenvalue weighted by Gasteiger charge is -2.42. The van der Waals surface area contributed by atoms with Crippen molar-refractivity contribution in [2.75, 3.05) is 13.1 Å². The van der Waals surface area contributed by atoms with Crippen molar-refractivity contribution in [3.63, 3.8) is 0 Å². The van der Waals surface area contributed by atoms with Crippen molar-refractivity contribution in [1.82, 2.24) is 9.80 Å². The molecule has 29 heavy (non-hydrogen) atoms. The largest absolute Gasteiger partial charge is 0.370 e. The molecule has 1 saturated carbocycles. The molecule has 1 heterocycles. The molecule has 1 unspecified atom stereocenters. The average Bonchev–Trinajstić information content (AvgIpc) is 2.73. The third kappa shape index (κ3) is 6.78. The zero-order valence-corrected chi connectivity index (χ0v) is 18.7. The van der Waals surface area contributed by atoms with E-state index in [9.17, 15) is 4.79 Å². The van der Waals surface area contributed by atoms with Crippen LogP contribution in [-0.2, 0) is 11.3 Å². The molecule has 0 bridgehead atoms. The van der Waals surface area contributed by atoms with Crippen LogP contribution in [0.5, 0.6) is 0 Å². The van der Waals surface area contributed by atoms with Crippen molar-refractivity contribution >= 4 is 23.1 Å². The lowest BCUT2D eigenvalue weighted by molar-refractivity contribution is -0.119. The molecule has 3 rings (SSSR count). The maximum Gasteiger partial charge on any atom is 0.218 e. The topological polar surface area (TPSA) is 49.6 Å². The lowest BCUT2D eigenvalue weighted by atomic mass is 9.86. The molecule has 2 N–H and O–H groups in total. The van der Waals surface area contributed by atoms with Crippen LogP contribution >= 0.6 is 12.2 Å². The van der Waals surface area contributed by atoms with Crippen molar-refractivity contribution in [3.8, 4) is 0 Å². The fraction of sp³-hybridized carbons (Fsp3) is 0.667. The van der Waals surface area contributed by atoms with Crippen LogP contribution < -0.4 is 5.73 Å². The Kier molecular flexibility index (Phi) is 8.49. The standard InChI is InChI=1S/C24H37N3OS/c1-19(16-23(25)28)26-14-12-22(13-15-26)27(18-21-10-6-3-7-11-21)24(29)17-20-8-4-2-5-9-20/h3,6-7,10-11,19-20,22H,2,4-5,8-9,12-18H2,1H3,(H2,25,28). The number of carbonyl (C=O) groups is 1. The number of thiocarbonyl (C=S) groups is 1. The minimum Gasteiger partial charge on any atom is -0.370 e. The molecule has 1 aromatic rings. The van der Waals surface area contributed by atoms with Crippen LogP contribution in [0.4, 0.5) is 0 Å². The van der Waals surface area contributed by atoms with Gasteiger partial charge in [-0.05, 0) is 31.2 Å². The first-order valence-corrected chi connectivity index (χ1v) is 11.8. The van der Waals surface area contributed by atoms with E-state index in [1.807, 2.05) is 0 Å². The van der Waals surface area contributed by atoms with Crippen molar-refractivity contribution < 1.29 is 4.79 Å². The summed E-state index contributed by atoms with van der Waals surface area (Å²) in [7, 11) is 0. The molecule has 1 aromatic carbocycles. The molecular formula is C24H37N3OS. The van der Waals surface area contributed by atoms with Gasteiger partial charge in [0.15, 0.2) is 0 Å². The normalized spacial score (nSPS) is 20.3. The Bertz CT molecular complexity index is 651. The number of nitrogens with zero attached hydrogens (tertiary/aromatic N) is 2. The summed E-state index contributed by atoms with van der Waals surface area (Å²) in [4.78, 5) is 17.4. The first-order chi connectivity index (χ1) is 14.0. The van der Waals surface area contributed by atoms with Gasteiger partial charge >= 0.3 is 0 Å². The van der Waals surface area contributed by atoms with Gasteiger partial charge < -0.3 is 10.6 Å². The minimum absolute atomic E-state index is 0.209. The van der Waals surface area contributed by atoms with Gasteiger partial charge in [0.1, 0.15) is 0 Å². The van der Waals surface area contributed by atoms with Gasteiger partial charge in [0.05, 0.1) is 4.99 Å². The number of amides is 1. The smallest absolute Gasteiger partial charge is 0.218 e. The SMILES string of the molecule is CC(CC(N)=O)N1CCC(N(Cc2ccccc2)C(=S)CC2CCCCC2)CC1. The summed E-state index contributed by atoms with van der Waals surface area (Å²) in [6.07, 6.45) is 10.5. The molecule has 2 aliphatic rings. The maximum absolute atomic E-state index is 11.3. The highest BCUT2D eigenvalue weighted by Crippen LogP contribution is 2.29. The zero-order valence-electron chi connectivity index (χ0n) is 17.9. The van der Waals surface area contributed by atoms with Gasteiger partial charge in [-0.3, -0.25) is 9.69 Å². The third-order valence-electron chi connectivity index (χ3n) is 6.76. The predicted molar refractivity (Wildman–Crippen MR) is 124 cm³/mol. The Morgan fingerprint density at radius 1 is 1.14 bits per heavy atom.